The summed E-state index contributed by atoms with van der Waals surface area (Å²) in [6.07, 6.45) is 0. The molecule has 1 aromatic carbocycles. The quantitative estimate of drug-likeness (QED) is 0.770. The van der Waals surface area contributed by atoms with Crippen LogP contribution in [-0.2, 0) is 4.79 Å². The molecule has 3 rings (SSSR count). The molecule has 24 heavy (non-hydrogen) atoms. The minimum atomic E-state index is -0.342. The summed E-state index contributed by atoms with van der Waals surface area (Å²) in [5, 5.41) is 7.23. The summed E-state index contributed by atoms with van der Waals surface area (Å²) in [5.41, 5.74) is 2.46. The normalized spacial score (nSPS) is 10.8. The zero-order valence-corrected chi connectivity index (χ0v) is 13.7. The Morgan fingerprint density at radius 1 is 1.25 bits per heavy atom. The topological polar surface area (TPSA) is 91.2 Å². The summed E-state index contributed by atoms with van der Waals surface area (Å²) in [5.74, 6) is 0.337. The number of carbonyl (C=O) groups is 2. The Morgan fingerprint density at radius 2 is 2.04 bits per heavy atom. The summed E-state index contributed by atoms with van der Waals surface area (Å²) in [6.45, 7) is 3.64. The molecule has 2 heterocycles. The van der Waals surface area contributed by atoms with Crippen LogP contribution in [0.5, 0.6) is 0 Å². The van der Waals surface area contributed by atoms with Crippen molar-refractivity contribution < 1.29 is 14.1 Å². The van der Waals surface area contributed by atoms with Crippen molar-refractivity contribution in [2.24, 2.45) is 0 Å². The van der Waals surface area contributed by atoms with Crippen molar-refractivity contribution in [1.82, 2.24) is 15.0 Å². The van der Waals surface area contributed by atoms with Crippen LogP contribution in [0.2, 0.25) is 0 Å². The van der Waals surface area contributed by atoms with Crippen molar-refractivity contribution in [1.29, 1.82) is 0 Å². The molecular weight excluding hydrogens is 308 g/mol. The highest BCUT2D eigenvalue weighted by Gasteiger charge is 2.17. The van der Waals surface area contributed by atoms with Gasteiger partial charge in [-0.1, -0.05) is 17.3 Å². The van der Waals surface area contributed by atoms with Gasteiger partial charge >= 0.3 is 0 Å². The summed E-state index contributed by atoms with van der Waals surface area (Å²) in [7, 11) is 1.58. The van der Waals surface area contributed by atoms with Crippen molar-refractivity contribution in [2.45, 2.75) is 13.8 Å². The van der Waals surface area contributed by atoms with Crippen LogP contribution < -0.4 is 5.32 Å². The molecular formula is C17H18N4O3. The largest absolute Gasteiger partial charge is 0.360 e. The minimum absolute atomic E-state index is 0.0842. The number of hydrogen-bond acceptors (Lipinski definition) is 4. The van der Waals surface area contributed by atoms with Gasteiger partial charge in [-0.15, -0.1) is 0 Å². The molecule has 0 aliphatic heterocycles. The second kappa shape index (κ2) is 6.19. The van der Waals surface area contributed by atoms with E-state index < -0.39 is 0 Å². The standard InChI is InChI=1S/C17H18N4O3/c1-10-4-5-12-8-14(18-13(12)6-10)17(23)21(3)9-16(22)19-15-7-11(2)24-20-15/h4-8,18H,9H2,1-3H3,(H,19,20,22). The molecule has 2 aromatic heterocycles. The first kappa shape index (κ1) is 15.8. The van der Waals surface area contributed by atoms with Crippen LogP contribution in [0.15, 0.2) is 34.9 Å². The SMILES string of the molecule is Cc1ccc2cc(C(=O)N(C)CC(=O)Nc3cc(C)on3)[nH]c2c1. The van der Waals surface area contributed by atoms with Gasteiger partial charge in [-0.25, -0.2) is 0 Å². The van der Waals surface area contributed by atoms with Gasteiger partial charge in [0.1, 0.15) is 11.5 Å². The number of amides is 2. The number of hydrogen-bond donors (Lipinski definition) is 2. The Balaban J connectivity index is 1.67. The van der Waals surface area contributed by atoms with E-state index in [0.29, 0.717) is 17.3 Å². The number of H-pyrrole nitrogens is 1. The number of aromatic amines is 1. The maximum absolute atomic E-state index is 12.5. The molecule has 2 amide bonds. The van der Waals surface area contributed by atoms with Gasteiger partial charge in [0.25, 0.3) is 5.91 Å². The van der Waals surface area contributed by atoms with Crippen molar-refractivity contribution in [2.75, 3.05) is 18.9 Å². The predicted molar refractivity (Wildman–Crippen MR) is 89.9 cm³/mol. The van der Waals surface area contributed by atoms with E-state index in [1.54, 1.807) is 26.1 Å². The molecule has 7 heteroatoms. The van der Waals surface area contributed by atoms with Gasteiger partial charge in [0.2, 0.25) is 5.91 Å². The Kier molecular flexibility index (Phi) is 4.07. The maximum Gasteiger partial charge on any atom is 0.270 e. The first-order chi connectivity index (χ1) is 11.4. The van der Waals surface area contributed by atoms with Gasteiger partial charge in [-0.2, -0.15) is 0 Å². The van der Waals surface area contributed by atoms with Gasteiger partial charge < -0.3 is 19.7 Å². The molecule has 3 aromatic rings. The highest BCUT2D eigenvalue weighted by atomic mass is 16.5. The number of benzene rings is 1. The highest BCUT2D eigenvalue weighted by Crippen LogP contribution is 2.17. The van der Waals surface area contributed by atoms with Crippen molar-refractivity contribution >= 4 is 28.5 Å². The molecule has 0 atom stereocenters. The Morgan fingerprint density at radius 3 is 2.75 bits per heavy atom. The fraction of sp³-hybridized carbons (Fsp3) is 0.235. The molecule has 0 unspecified atom stereocenters. The van der Waals surface area contributed by atoms with Crippen LogP contribution in [0, 0.1) is 13.8 Å². The molecule has 0 bridgehead atoms. The number of nitrogens with one attached hydrogen (secondary N) is 2. The van der Waals surface area contributed by atoms with Gasteiger partial charge in [0.15, 0.2) is 5.82 Å². The Hall–Kier alpha value is -3.09. The average Bonchev–Trinajstić information content (AvgIpc) is 3.11. The third kappa shape index (κ3) is 3.29. The van der Waals surface area contributed by atoms with E-state index in [0.717, 1.165) is 16.5 Å². The maximum atomic E-state index is 12.5. The Labute approximate surface area is 138 Å². The molecule has 0 aliphatic carbocycles. The van der Waals surface area contributed by atoms with E-state index in [2.05, 4.69) is 15.5 Å². The van der Waals surface area contributed by atoms with Crippen molar-refractivity contribution in [3.63, 3.8) is 0 Å². The molecule has 7 nitrogen and oxygen atoms in total. The lowest BCUT2D eigenvalue weighted by molar-refractivity contribution is -0.116. The van der Waals surface area contributed by atoms with Crippen LogP contribution in [0.3, 0.4) is 0 Å². The predicted octanol–water partition coefficient (Wildman–Crippen LogP) is 2.48. The highest BCUT2D eigenvalue weighted by molar-refractivity contribution is 6.01. The van der Waals surface area contributed by atoms with Gasteiger partial charge in [0.05, 0.1) is 6.54 Å². The first-order valence-electron chi connectivity index (χ1n) is 7.50. The number of aryl methyl sites for hydroxylation is 2. The molecule has 0 spiro atoms. The molecule has 0 saturated carbocycles. The summed E-state index contributed by atoms with van der Waals surface area (Å²) >= 11 is 0. The molecule has 2 N–H and O–H groups in total. The fourth-order valence-corrected chi connectivity index (χ4v) is 2.46. The number of aromatic nitrogens is 2. The lowest BCUT2D eigenvalue weighted by atomic mass is 10.2. The van der Waals surface area contributed by atoms with E-state index >= 15 is 0 Å². The first-order valence-corrected chi connectivity index (χ1v) is 7.50. The summed E-state index contributed by atoms with van der Waals surface area (Å²) < 4.78 is 4.88. The van der Waals surface area contributed by atoms with Gasteiger partial charge in [0, 0.05) is 24.0 Å². The van der Waals surface area contributed by atoms with E-state index in [1.165, 1.54) is 4.90 Å². The molecule has 0 saturated heterocycles. The van der Waals surface area contributed by atoms with Crippen molar-refractivity contribution in [3.05, 3.63) is 47.3 Å². The number of anilines is 1. The van der Waals surface area contributed by atoms with Crippen LogP contribution in [0.1, 0.15) is 21.8 Å². The van der Waals surface area contributed by atoms with Gasteiger partial charge in [-0.05, 0) is 31.5 Å². The average molecular weight is 326 g/mol. The third-order valence-electron chi connectivity index (χ3n) is 3.63. The summed E-state index contributed by atoms with van der Waals surface area (Å²) in [4.78, 5) is 28.9. The Bertz CT molecular complexity index is 910. The second-order valence-electron chi connectivity index (χ2n) is 5.81. The molecule has 0 radical (unpaired) electrons. The van der Waals surface area contributed by atoms with E-state index in [9.17, 15) is 9.59 Å². The zero-order valence-electron chi connectivity index (χ0n) is 13.7. The fourth-order valence-electron chi connectivity index (χ4n) is 2.46. The number of rotatable bonds is 4. The van der Waals surface area contributed by atoms with E-state index in [4.69, 9.17) is 4.52 Å². The summed E-state index contributed by atoms with van der Waals surface area (Å²) in [6, 6.07) is 9.32. The molecule has 0 aliphatic rings. The van der Waals surface area contributed by atoms with Crippen LogP contribution >= 0.6 is 0 Å². The van der Waals surface area contributed by atoms with E-state index in [-0.39, 0.29) is 18.4 Å². The molecule has 0 fully saturated rings. The second-order valence-corrected chi connectivity index (χ2v) is 5.81. The number of carbonyl (C=O) groups excluding carboxylic acids is 2. The number of nitrogens with zero attached hydrogens (tertiary/aromatic N) is 2. The van der Waals surface area contributed by atoms with Crippen LogP contribution in [-0.4, -0.2) is 40.4 Å². The van der Waals surface area contributed by atoms with Crippen molar-refractivity contribution in [3.8, 4) is 0 Å². The number of likely N-dealkylation sites (N-methyl/N-ethyl adjacent to an activating group) is 1. The van der Waals surface area contributed by atoms with Gasteiger partial charge in [-0.3, -0.25) is 9.59 Å². The minimum Gasteiger partial charge on any atom is -0.360 e. The van der Waals surface area contributed by atoms with E-state index in [1.807, 2.05) is 25.1 Å². The number of fused-ring (bicyclic) bond motifs is 1. The zero-order chi connectivity index (χ0) is 17.3. The lowest BCUT2D eigenvalue weighted by Gasteiger charge is -2.15. The lowest BCUT2D eigenvalue weighted by Crippen LogP contribution is -2.35. The molecule has 124 valence electrons. The van der Waals surface area contributed by atoms with Crippen LogP contribution in [0.4, 0.5) is 5.82 Å². The smallest absolute Gasteiger partial charge is 0.270 e. The van der Waals surface area contributed by atoms with Crippen LogP contribution in [0.25, 0.3) is 10.9 Å². The third-order valence-corrected chi connectivity index (χ3v) is 3.63. The monoisotopic (exact) mass is 326 g/mol.